The summed E-state index contributed by atoms with van der Waals surface area (Å²) in [7, 11) is 0. The van der Waals surface area contributed by atoms with E-state index in [-0.39, 0.29) is 0 Å². The van der Waals surface area contributed by atoms with Crippen molar-refractivity contribution in [2.24, 2.45) is 5.92 Å². The molecule has 0 heterocycles. The van der Waals surface area contributed by atoms with Gasteiger partial charge >= 0.3 is 6.18 Å². The predicted molar refractivity (Wildman–Crippen MR) is 117 cm³/mol. The van der Waals surface area contributed by atoms with Crippen LogP contribution in [0.5, 0.6) is 0 Å². The van der Waals surface area contributed by atoms with Gasteiger partial charge in [-0.2, -0.15) is 13.2 Å². The third kappa shape index (κ3) is 6.66. The summed E-state index contributed by atoms with van der Waals surface area (Å²) in [5, 5.41) is 0. The maximum atomic E-state index is 12.6. The maximum absolute atomic E-state index is 12.6. The highest BCUT2D eigenvalue weighted by molar-refractivity contribution is 5.37. The molecule has 1 saturated carbocycles. The number of hydrogen-bond acceptors (Lipinski definition) is 0. The Bertz CT molecular complexity index is 827. The first-order valence-corrected chi connectivity index (χ1v) is 11.2. The van der Waals surface area contributed by atoms with Crippen LogP contribution in [0, 0.1) is 17.8 Å². The fraction of sp³-hybridized carbons (Fsp3) is 0.481. The molecule has 1 fully saturated rings. The summed E-state index contributed by atoms with van der Waals surface area (Å²) >= 11 is 0. The molecule has 0 saturated heterocycles. The van der Waals surface area contributed by atoms with Crippen LogP contribution in [0.15, 0.2) is 48.5 Å². The van der Waals surface area contributed by atoms with Gasteiger partial charge in [0.25, 0.3) is 0 Å². The molecule has 0 nitrogen and oxygen atoms in total. The molecule has 3 rings (SSSR count). The molecule has 1 aliphatic carbocycles. The summed E-state index contributed by atoms with van der Waals surface area (Å²) in [6, 6.07) is 14.3. The van der Waals surface area contributed by atoms with Gasteiger partial charge in [-0.1, -0.05) is 62.3 Å². The lowest BCUT2D eigenvalue weighted by atomic mass is 9.78. The van der Waals surface area contributed by atoms with Crippen molar-refractivity contribution in [3.05, 3.63) is 70.8 Å². The van der Waals surface area contributed by atoms with Crippen molar-refractivity contribution in [1.29, 1.82) is 0 Å². The van der Waals surface area contributed by atoms with Crippen LogP contribution in [0.3, 0.4) is 0 Å². The van der Waals surface area contributed by atoms with Crippen LogP contribution in [0.1, 0.15) is 86.5 Å². The number of unbranched alkanes of at least 4 members (excludes halogenated alkanes) is 3. The molecule has 0 radical (unpaired) electrons. The molecule has 0 N–H and O–H groups in total. The monoisotopic (exact) mass is 412 g/mol. The molecule has 0 aliphatic heterocycles. The molecule has 0 bridgehead atoms. The molecule has 0 amide bonds. The fourth-order valence-corrected chi connectivity index (χ4v) is 4.21. The number of aryl methyl sites for hydroxylation is 1. The third-order valence-electron chi connectivity index (χ3n) is 6.13. The lowest BCUT2D eigenvalue weighted by molar-refractivity contribution is -0.137. The third-order valence-corrected chi connectivity index (χ3v) is 6.13. The Morgan fingerprint density at radius 1 is 0.833 bits per heavy atom. The van der Waals surface area contributed by atoms with Gasteiger partial charge in [-0.3, -0.25) is 0 Å². The average molecular weight is 413 g/mol. The summed E-state index contributed by atoms with van der Waals surface area (Å²) in [5.41, 5.74) is 2.90. The van der Waals surface area contributed by atoms with E-state index >= 15 is 0 Å². The lowest BCUT2D eigenvalue weighted by Crippen LogP contribution is -2.12. The van der Waals surface area contributed by atoms with Crippen LogP contribution in [-0.4, -0.2) is 0 Å². The summed E-state index contributed by atoms with van der Waals surface area (Å²) in [6.45, 7) is 2.24. The standard InChI is InChI=1S/C27H31F3/c1-2-3-4-5-6-21-9-15-24(16-10-21)25-17-11-22(12-18-25)7-8-23-13-19-26(20-14-23)27(28,29)30/h9-10,13-16,19-20,22,25H,2-6,11-12,17-18H2,1H3. The molecule has 0 unspecified atom stereocenters. The van der Waals surface area contributed by atoms with Gasteiger partial charge in [-0.15, -0.1) is 0 Å². The van der Waals surface area contributed by atoms with Crippen LogP contribution >= 0.6 is 0 Å². The average Bonchev–Trinajstić information content (AvgIpc) is 2.76. The Hall–Kier alpha value is -2.21. The maximum Gasteiger partial charge on any atom is 0.416 e. The molecule has 2 aromatic rings. The number of rotatable bonds is 6. The lowest BCUT2D eigenvalue weighted by Gasteiger charge is -2.26. The molecule has 0 atom stereocenters. The summed E-state index contributed by atoms with van der Waals surface area (Å²) in [4.78, 5) is 0. The Morgan fingerprint density at radius 3 is 2.10 bits per heavy atom. The topological polar surface area (TPSA) is 0 Å². The Morgan fingerprint density at radius 2 is 1.50 bits per heavy atom. The van der Waals surface area contributed by atoms with Crippen LogP contribution in [0.4, 0.5) is 13.2 Å². The van der Waals surface area contributed by atoms with E-state index in [1.54, 1.807) is 0 Å². The van der Waals surface area contributed by atoms with Crippen LogP contribution in [-0.2, 0) is 12.6 Å². The van der Waals surface area contributed by atoms with Crippen molar-refractivity contribution in [2.45, 2.75) is 76.8 Å². The van der Waals surface area contributed by atoms with Crippen LogP contribution < -0.4 is 0 Å². The summed E-state index contributed by atoms with van der Waals surface area (Å²) < 4.78 is 37.9. The van der Waals surface area contributed by atoms with E-state index < -0.39 is 11.7 Å². The highest BCUT2D eigenvalue weighted by atomic mass is 19.4. The van der Waals surface area contributed by atoms with Gasteiger partial charge in [0.15, 0.2) is 0 Å². The Balaban J connectivity index is 1.48. The van der Waals surface area contributed by atoms with Crippen molar-refractivity contribution in [3.63, 3.8) is 0 Å². The SMILES string of the molecule is CCCCCCc1ccc(C2CCC(C#Cc3ccc(C(F)(F)F)cc3)CC2)cc1. The van der Waals surface area contributed by atoms with E-state index in [9.17, 15) is 13.2 Å². The number of alkyl halides is 3. The van der Waals surface area contributed by atoms with E-state index in [1.165, 1.54) is 55.4 Å². The number of benzene rings is 2. The number of hydrogen-bond donors (Lipinski definition) is 0. The molecule has 160 valence electrons. The van der Waals surface area contributed by atoms with Gasteiger partial charge < -0.3 is 0 Å². The molecule has 0 aromatic heterocycles. The minimum Gasteiger partial charge on any atom is -0.166 e. The summed E-state index contributed by atoms with van der Waals surface area (Å²) in [6.07, 6.45) is 6.42. The molecule has 3 heteroatoms. The minimum atomic E-state index is -4.29. The second-order valence-corrected chi connectivity index (χ2v) is 8.45. The zero-order valence-electron chi connectivity index (χ0n) is 17.8. The van der Waals surface area contributed by atoms with Crippen LogP contribution in [0.2, 0.25) is 0 Å². The van der Waals surface area contributed by atoms with Gasteiger partial charge in [-0.25, -0.2) is 0 Å². The largest absolute Gasteiger partial charge is 0.416 e. The highest BCUT2D eigenvalue weighted by Gasteiger charge is 2.29. The Kier molecular flexibility index (Phi) is 8.02. The minimum absolute atomic E-state index is 0.335. The van der Waals surface area contributed by atoms with Crippen molar-refractivity contribution in [3.8, 4) is 11.8 Å². The van der Waals surface area contributed by atoms with Crippen molar-refractivity contribution in [2.75, 3.05) is 0 Å². The number of halogens is 3. The first-order valence-electron chi connectivity index (χ1n) is 11.2. The predicted octanol–water partition coefficient (Wildman–Crippen LogP) is 8.15. The van der Waals surface area contributed by atoms with E-state index in [4.69, 9.17) is 0 Å². The van der Waals surface area contributed by atoms with Gasteiger partial charge in [0.2, 0.25) is 0 Å². The molecular weight excluding hydrogens is 381 g/mol. The van der Waals surface area contributed by atoms with E-state index in [1.807, 2.05) is 0 Å². The van der Waals surface area contributed by atoms with Gasteiger partial charge in [0, 0.05) is 11.5 Å². The second kappa shape index (κ2) is 10.7. The first-order chi connectivity index (χ1) is 14.5. The smallest absolute Gasteiger partial charge is 0.166 e. The molecular formula is C27H31F3. The van der Waals surface area contributed by atoms with Gasteiger partial charge in [0.1, 0.15) is 0 Å². The molecule has 0 spiro atoms. The highest BCUT2D eigenvalue weighted by Crippen LogP contribution is 2.35. The fourth-order valence-electron chi connectivity index (χ4n) is 4.21. The second-order valence-electron chi connectivity index (χ2n) is 8.45. The van der Waals surface area contributed by atoms with Crippen molar-refractivity contribution in [1.82, 2.24) is 0 Å². The normalized spacial score (nSPS) is 19.2. The molecule has 30 heavy (non-hydrogen) atoms. The van der Waals surface area contributed by atoms with Crippen LogP contribution in [0.25, 0.3) is 0 Å². The van der Waals surface area contributed by atoms with Gasteiger partial charge in [-0.05, 0) is 79.8 Å². The van der Waals surface area contributed by atoms with Crippen molar-refractivity contribution >= 4 is 0 Å². The quantitative estimate of drug-likeness (QED) is 0.332. The first kappa shape index (κ1) is 22.5. The van der Waals surface area contributed by atoms with E-state index in [2.05, 4.69) is 43.0 Å². The van der Waals surface area contributed by atoms with E-state index in [0.29, 0.717) is 17.4 Å². The zero-order valence-corrected chi connectivity index (χ0v) is 17.8. The van der Waals surface area contributed by atoms with Crippen molar-refractivity contribution < 1.29 is 13.2 Å². The Labute approximate surface area is 178 Å². The summed E-state index contributed by atoms with van der Waals surface area (Å²) in [5.74, 6) is 7.28. The van der Waals surface area contributed by atoms with E-state index in [0.717, 1.165) is 37.8 Å². The zero-order chi connectivity index (χ0) is 21.4. The van der Waals surface area contributed by atoms with Gasteiger partial charge in [0.05, 0.1) is 5.56 Å². The molecule has 1 aliphatic rings. The molecule has 2 aromatic carbocycles.